The molecule has 2 rings (SSSR count). The molecule has 1 N–H and O–H groups in total. The summed E-state index contributed by atoms with van der Waals surface area (Å²) in [6, 6.07) is 4.36. The van der Waals surface area contributed by atoms with Gasteiger partial charge in [0.2, 0.25) is 0 Å². The summed E-state index contributed by atoms with van der Waals surface area (Å²) in [6.45, 7) is 9.65. The lowest BCUT2D eigenvalue weighted by Crippen LogP contribution is -2.03. The lowest BCUT2D eigenvalue weighted by molar-refractivity contribution is 0.972. The maximum Gasteiger partial charge on any atom is 0.134 e. The van der Waals surface area contributed by atoms with Crippen LogP contribution in [-0.4, -0.2) is 11.5 Å². The van der Waals surface area contributed by atoms with Gasteiger partial charge in [0.1, 0.15) is 5.82 Å². The van der Waals surface area contributed by atoms with Gasteiger partial charge in [-0.1, -0.05) is 13.0 Å². The molecule has 0 radical (unpaired) electrons. The Morgan fingerprint density at radius 3 is 2.65 bits per heavy atom. The van der Waals surface area contributed by atoms with Crippen LogP contribution in [0.25, 0.3) is 10.8 Å². The van der Waals surface area contributed by atoms with Crippen LogP contribution in [0.5, 0.6) is 0 Å². The second-order valence-electron chi connectivity index (χ2n) is 4.64. The van der Waals surface area contributed by atoms with Crippen LogP contribution in [0, 0.1) is 20.8 Å². The fraction of sp³-hybridized carbons (Fsp3) is 0.400. The molecule has 0 bridgehead atoms. The van der Waals surface area contributed by atoms with Crippen molar-refractivity contribution >= 4 is 16.6 Å². The van der Waals surface area contributed by atoms with Gasteiger partial charge in [-0.15, -0.1) is 0 Å². The van der Waals surface area contributed by atoms with Crippen molar-refractivity contribution in [3.8, 4) is 0 Å². The van der Waals surface area contributed by atoms with E-state index in [1.807, 2.05) is 6.20 Å². The highest BCUT2D eigenvalue weighted by Gasteiger charge is 2.09. The van der Waals surface area contributed by atoms with E-state index in [0.29, 0.717) is 0 Å². The Morgan fingerprint density at radius 2 is 1.94 bits per heavy atom. The number of aromatic nitrogens is 1. The van der Waals surface area contributed by atoms with Crippen molar-refractivity contribution in [2.75, 3.05) is 11.9 Å². The molecule has 0 atom stereocenters. The third-order valence-corrected chi connectivity index (χ3v) is 3.32. The first kappa shape index (κ1) is 11.9. The number of anilines is 1. The van der Waals surface area contributed by atoms with Gasteiger partial charge in [0.25, 0.3) is 0 Å². The molecule has 1 aromatic heterocycles. The van der Waals surface area contributed by atoms with Crippen molar-refractivity contribution in [1.82, 2.24) is 4.98 Å². The standard InChI is InChI=1S/C15H20N2/c1-5-7-16-15-14-12(4)10(2)9-11(3)13(14)6-8-17-15/h6,8-9H,5,7H2,1-4H3,(H,16,17). The van der Waals surface area contributed by atoms with Crippen molar-refractivity contribution in [2.24, 2.45) is 0 Å². The Morgan fingerprint density at radius 1 is 1.18 bits per heavy atom. The van der Waals surface area contributed by atoms with Gasteiger partial charge in [0.15, 0.2) is 0 Å². The van der Waals surface area contributed by atoms with E-state index in [1.165, 1.54) is 27.5 Å². The maximum absolute atomic E-state index is 4.48. The molecular weight excluding hydrogens is 208 g/mol. The summed E-state index contributed by atoms with van der Waals surface area (Å²) in [5, 5.41) is 6.00. The number of nitrogens with one attached hydrogen (secondary N) is 1. The molecule has 0 aliphatic heterocycles. The number of benzene rings is 1. The van der Waals surface area contributed by atoms with E-state index >= 15 is 0 Å². The normalized spacial score (nSPS) is 10.8. The molecule has 2 heteroatoms. The predicted molar refractivity (Wildman–Crippen MR) is 74.7 cm³/mol. The number of aryl methyl sites for hydroxylation is 3. The zero-order valence-corrected chi connectivity index (χ0v) is 11.1. The van der Waals surface area contributed by atoms with Gasteiger partial charge >= 0.3 is 0 Å². The zero-order chi connectivity index (χ0) is 12.4. The van der Waals surface area contributed by atoms with Crippen LogP contribution in [0.2, 0.25) is 0 Å². The largest absolute Gasteiger partial charge is 0.370 e. The fourth-order valence-electron chi connectivity index (χ4n) is 2.26. The fourth-order valence-corrected chi connectivity index (χ4v) is 2.26. The molecule has 0 amide bonds. The van der Waals surface area contributed by atoms with Gasteiger partial charge < -0.3 is 5.32 Å². The van der Waals surface area contributed by atoms with Gasteiger partial charge in [0, 0.05) is 18.1 Å². The van der Waals surface area contributed by atoms with Crippen LogP contribution >= 0.6 is 0 Å². The molecule has 17 heavy (non-hydrogen) atoms. The summed E-state index contributed by atoms with van der Waals surface area (Å²) in [7, 11) is 0. The van der Waals surface area contributed by atoms with Crippen molar-refractivity contribution in [1.29, 1.82) is 0 Å². The zero-order valence-electron chi connectivity index (χ0n) is 11.1. The van der Waals surface area contributed by atoms with Crippen molar-refractivity contribution in [3.63, 3.8) is 0 Å². The molecule has 2 aromatic rings. The van der Waals surface area contributed by atoms with E-state index < -0.39 is 0 Å². The molecule has 1 aromatic carbocycles. The van der Waals surface area contributed by atoms with Gasteiger partial charge in [-0.25, -0.2) is 4.98 Å². The summed E-state index contributed by atoms with van der Waals surface area (Å²) < 4.78 is 0. The number of nitrogens with zero attached hydrogens (tertiary/aromatic N) is 1. The second-order valence-corrected chi connectivity index (χ2v) is 4.64. The van der Waals surface area contributed by atoms with Crippen molar-refractivity contribution < 1.29 is 0 Å². The predicted octanol–water partition coefficient (Wildman–Crippen LogP) is 3.98. The molecule has 0 fully saturated rings. The molecule has 0 spiro atoms. The number of rotatable bonds is 3. The third kappa shape index (κ3) is 2.12. The van der Waals surface area contributed by atoms with Crippen LogP contribution in [0.1, 0.15) is 30.0 Å². The highest BCUT2D eigenvalue weighted by atomic mass is 15.0. The molecule has 0 saturated carbocycles. The number of hydrogen-bond donors (Lipinski definition) is 1. The minimum absolute atomic E-state index is 0.971. The molecule has 90 valence electrons. The Kier molecular flexibility index (Phi) is 3.32. The van der Waals surface area contributed by atoms with Crippen LogP contribution < -0.4 is 5.32 Å². The van der Waals surface area contributed by atoms with Gasteiger partial charge in [-0.05, 0) is 55.3 Å². The van der Waals surface area contributed by atoms with Crippen LogP contribution in [0.15, 0.2) is 18.3 Å². The van der Waals surface area contributed by atoms with E-state index in [9.17, 15) is 0 Å². The molecule has 1 heterocycles. The minimum Gasteiger partial charge on any atom is -0.370 e. The summed E-state index contributed by atoms with van der Waals surface area (Å²) in [6.07, 6.45) is 3.00. The SMILES string of the molecule is CCCNc1nccc2c(C)cc(C)c(C)c12. The second kappa shape index (κ2) is 4.74. The first-order valence-corrected chi connectivity index (χ1v) is 6.24. The molecular formula is C15H20N2. The van der Waals surface area contributed by atoms with Crippen LogP contribution in [0.4, 0.5) is 5.82 Å². The molecule has 0 saturated heterocycles. The molecule has 0 aliphatic carbocycles. The topological polar surface area (TPSA) is 24.9 Å². The van der Waals surface area contributed by atoms with Crippen molar-refractivity contribution in [3.05, 3.63) is 35.0 Å². The number of fused-ring (bicyclic) bond motifs is 1. The summed E-state index contributed by atoms with van der Waals surface area (Å²) in [5.41, 5.74) is 3.99. The lowest BCUT2D eigenvalue weighted by Gasteiger charge is -2.13. The highest BCUT2D eigenvalue weighted by Crippen LogP contribution is 2.29. The third-order valence-electron chi connectivity index (χ3n) is 3.32. The average Bonchev–Trinajstić information content (AvgIpc) is 2.33. The molecule has 2 nitrogen and oxygen atoms in total. The summed E-state index contributed by atoms with van der Waals surface area (Å²) in [4.78, 5) is 4.48. The van der Waals surface area contributed by atoms with Crippen LogP contribution in [-0.2, 0) is 0 Å². The summed E-state index contributed by atoms with van der Waals surface area (Å²) in [5.74, 6) is 1.02. The Bertz CT molecular complexity index is 544. The maximum atomic E-state index is 4.48. The van der Waals surface area contributed by atoms with Gasteiger partial charge in [-0.3, -0.25) is 0 Å². The number of pyridine rings is 1. The first-order valence-electron chi connectivity index (χ1n) is 6.24. The summed E-state index contributed by atoms with van der Waals surface area (Å²) >= 11 is 0. The minimum atomic E-state index is 0.971. The molecule has 0 unspecified atom stereocenters. The Hall–Kier alpha value is -1.57. The first-order chi connectivity index (χ1) is 8.15. The van der Waals surface area contributed by atoms with Crippen LogP contribution in [0.3, 0.4) is 0 Å². The van der Waals surface area contributed by atoms with Crippen molar-refractivity contribution in [2.45, 2.75) is 34.1 Å². The van der Waals surface area contributed by atoms with E-state index in [4.69, 9.17) is 0 Å². The van der Waals surface area contributed by atoms with E-state index in [1.54, 1.807) is 0 Å². The van der Waals surface area contributed by atoms with E-state index in [2.05, 4.69) is 50.1 Å². The van der Waals surface area contributed by atoms with Gasteiger partial charge in [0.05, 0.1) is 0 Å². The Labute approximate surface area is 103 Å². The average molecular weight is 228 g/mol. The number of hydrogen-bond acceptors (Lipinski definition) is 2. The van der Waals surface area contributed by atoms with Gasteiger partial charge in [-0.2, -0.15) is 0 Å². The monoisotopic (exact) mass is 228 g/mol. The smallest absolute Gasteiger partial charge is 0.134 e. The highest BCUT2D eigenvalue weighted by molar-refractivity contribution is 5.97. The lowest BCUT2D eigenvalue weighted by atomic mass is 9.97. The van der Waals surface area contributed by atoms with E-state index in [0.717, 1.165) is 18.8 Å². The quantitative estimate of drug-likeness (QED) is 0.859. The Balaban J connectivity index is 2.69. The van der Waals surface area contributed by atoms with E-state index in [-0.39, 0.29) is 0 Å². The molecule has 0 aliphatic rings.